The van der Waals surface area contributed by atoms with Crippen LogP contribution in [0.5, 0.6) is 5.75 Å². The van der Waals surface area contributed by atoms with Crippen LogP contribution >= 0.6 is 0 Å². The maximum Gasteiger partial charge on any atom is 0.269 e. The summed E-state index contributed by atoms with van der Waals surface area (Å²) in [4.78, 5) is 33.4. The number of carbonyl (C=O) groups excluding carboxylic acids is 2. The quantitative estimate of drug-likeness (QED) is 0.393. The van der Waals surface area contributed by atoms with Crippen molar-refractivity contribution in [3.8, 4) is 5.75 Å². The molecule has 0 unspecified atom stereocenters. The van der Waals surface area contributed by atoms with E-state index in [1.54, 1.807) is 0 Å². The summed E-state index contributed by atoms with van der Waals surface area (Å²) in [5, 5.41) is 15.8. The molecular formula is C18H18FN3O5. The molecule has 0 saturated carbocycles. The van der Waals surface area contributed by atoms with Crippen LogP contribution < -0.4 is 15.4 Å². The summed E-state index contributed by atoms with van der Waals surface area (Å²) in [6.45, 7) is 0.211. The van der Waals surface area contributed by atoms with Gasteiger partial charge in [0.2, 0.25) is 5.91 Å². The zero-order chi connectivity index (χ0) is 19.6. The van der Waals surface area contributed by atoms with E-state index in [0.717, 1.165) is 0 Å². The van der Waals surface area contributed by atoms with Crippen LogP contribution in [0.3, 0.4) is 0 Å². The Hall–Kier alpha value is -3.49. The number of non-ortho nitro benzene ring substituents is 1. The largest absolute Gasteiger partial charge is 0.484 e. The highest BCUT2D eigenvalue weighted by Gasteiger charge is 2.07. The number of benzene rings is 2. The fourth-order valence-electron chi connectivity index (χ4n) is 2.12. The highest BCUT2D eigenvalue weighted by Crippen LogP contribution is 2.16. The van der Waals surface area contributed by atoms with E-state index in [1.807, 2.05) is 0 Å². The number of nitrogens with zero attached hydrogens (tertiary/aromatic N) is 1. The van der Waals surface area contributed by atoms with E-state index in [0.29, 0.717) is 11.3 Å². The highest BCUT2D eigenvalue weighted by atomic mass is 19.1. The monoisotopic (exact) mass is 375 g/mol. The molecule has 8 nitrogen and oxygen atoms in total. The van der Waals surface area contributed by atoms with Crippen molar-refractivity contribution in [3.05, 3.63) is 70.0 Å². The van der Waals surface area contributed by atoms with Crippen molar-refractivity contribution < 1.29 is 23.6 Å². The Balaban J connectivity index is 1.60. The van der Waals surface area contributed by atoms with Crippen LogP contribution in [0.2, 0.25) is 0 Å². The number of nitrogens with one attached hydrogen (secondary N) is 2. The fraction of sp³-hybridized carbons (Fsp3) is 0.222. The molecule has 2 aromatic carbocycles. The van der Waals surface area contributed by atoms with Crippen molar-refractivity contribution in [1.82, 2.24) is 10.6 Å². The van der Waals surface area contributed by atoms with Crippen molar-refractivity contribution in [2.24, 2.45) is 0 Å². The molecule has 0 radical (unpaired) electrons. The molecule has 0 aliphatic carbocycles. The first kappa shape index (κ1) is 19.8. The average Bonchev–Trinajstić information content (AvgIpc) is 2.66. The van der Waals surface area contributed by atoms with Crippen LogP contribution in [0.4, 0.5) is 10.1 Å². The minimum Gasteiger partial charge on any atom is -0.484 e. The number of hydrogen-bond donors (Lipinski definition) is 2. The second-order valence-electron chi connectivity index (χ2n) is 5.54. The van der Waals surface area contributed by atoms with Crippen LogP contribution in [-0.4, -0.2) is 36.4 Å². The lowest BCUT2D eigenvalue weighted by atomic mass is 10.1. The Kier molecular flexibility index (Phi) is 7.24. The highest BCUT2D eigenvalue weighted by molar-refractivity contribution is 5.79. The van der Waals surface area contributed by atoms with E-state index in [4.69, 9.17) is 4.74 Å². The Labute approximate surface area is 154 Å². The third-order valence-electron chi connectivity index (χ3n) is 3.46. The van der Waals surface area contributed by atoms with Gasteiger partial charge in [-0.2, -0.15) is 0 Å². The molecule has 0 aliphatic rings. The number of halogens is 1. The van der Waals surface area contributed by atoms with Gasteiger partial charge in [-0.3, -0.25) is 19.7 Å². The van der Waals surface area contributed by atoms with Crippen LogP contribution in [0.1, 0.15) is 5.56 Å². The zero-order valence-corrected chi connectivity index (χ0v) is 14.3. The molecule has 2 aromatic rings. The van der Waals surface area contributed by atoms with Gasteiger partial charge in [0.1, 0.15) is 11.6 Å². The molecule has 9 heteroatoms. The average molecular weight is 375 g/mol. The first-order valence-electron chi connectivity index (χ1n) is 8.09. The Morgan fingerprint density at radius 2 is 1.56 bits per heavy atom. The molecule has 2 N–H and O–H groups in total. The van der Waals surface area contributed by atoms with E-state index in [-0.39, 0.29) is 49.4 Å². The molecule has 0 spiro atoms. The maximum atomic E-state index is 12.8. The van der Waals surface area contributed by atoms with Crippen LogP contribution in [0.25, 0.3) is 0 Å². The van der Waals surface area contributed by atoms with Gasteiger partial charge in [-0.1, -0.05) is 12.1 Å². The normalized spacial score (nSPS) is 10.1. The molecular weight excluding hydrogens is 357 g/mol. The summed E-state index contributed by atoms with van der Waals surface area (Å²) >= 11 is 0. The zero-order valence-electron chi connectivity index (χ0n) is 14.3. The maximum absolute atomic E-state index is 12.8. The van der Waals surface area contributed by atoms with Gasteiger partial charge in [-0.05, 0) is 29.8 Å². The summed E-state index contributed by atoms with van der Waals surface area (Å²) in [6, 6.07) is 11.0. The second kappa shape index (κ2) is 9.85. The molecule has 0 fully saturated rings. The molecule has 2 amide bonds. The van der Waals surface area contributed by atoms with E-state index in [1.165, 1.54) is 48.5 Å². The number of nitro benzene ring substituents is 1. The van der Waals surface area contributed by atoms with E-state index in [2.05, 4.69) is 10.6 Å². The SMILES string of the molecule is O=C(COc1ccc([N+](=O)[O-])cc1)NCCNC(=O)Cc1ccc(F)cc1. The molecule has 0 aliphatic heterocycles. The van der Waals surface area contributed by atoms with Gasteiger partial charge in [-0.25, -0.2) is 4.39 Å². The lowest BCUT2D eigenvalue weighted by Gasteiger charge is -2.08. The van der Waals surface area contributed by atoms with Crippen LogP contribution in [0.15, 0.2) is 48.5 Å². The summed E-state index contributed by atoms with van der Waals surface area (Å²) < 4.78 is 18.0. The summed E-state index contributed by atoms with van der Waals surface area (Å²) in [5.74, 6) is -0.653. The minimum absolute atomic E-state index is 0.0665. The number of rotatable bonds is 9. The predicted molar refractivity (Wildman–Crippen MR) is 94.7 cm³/mol. The Morgan fingerprint density at radius 1 is 0.963 bits per heavy atom. The molecule has 0 aromatic heterocycles. The number of hydrogen-bond acceptors (Lipinski definition) is 5. The van der Waals surface area contributed by atoms with Crippen molar-refractivity contribution in [3.63, 3.8) is 0 Å². The number of amides is 2. The van der Waals surface area contributed by atoms with Gasteiger partial charge in [0, 0.05) is 25.2 Å². The van der Waals surface area contributed by atoms with E-state index < -0.39 is 4.92 Å². The van der Waals surface area contributed by atoms with Crippen molar-refractivity contribution >= 4 is 17.5 Å². The molecule has 27 heavy (non-hydrogen) atoms. The Bertz CT molecular complexity index is 794. The molecule has 0 atom stereocenters. The number of nitro groups is 1. The van der Waals surface area contributed by atoms with Gasteiger partial charge in [-0.15, -0.1) is 0 Å². The fourth-order valence-corrected chi connectivity index (χ4v) is 2.12. The van der Waals surface area contributed by atoms with E-state index in [9.17, 15) is 24.1 Å². The molecule has 0 heterocycles. The molecule has 0 saturated heterocycles. The lowest BCUT2D eigenvalue weighted by Crippen LogP contribution is -2.37. The molecule has 142 valence electrons. The topological polar surface area (TPSA) is 111 Å². The van der Waals surface area contributed by atoms with Crippen molar-refractivity contribution in [1.29, 1.82) is 0 Å². The predicted octanol–water partition coefficient (Wildman–Crippen LogP) is 1.59. The minimum atomic E-state index is -0.527. The van der Waals surface area contributed by atoms with Gasteiger partial charge in [0.05, 0.1) is 11.3 Å². The first-order chi connectivity index (χ1) is 12.9. The van der Waals surface area contributed by atoms with Crippen molar-refractivity contribution in [2.75, 3.05) is 19.7 Å². The lowest BCUT2D eigenvalue weighted by molar-refractivity contribution is -0.384. The van der Waals surface area contributed by atoms with Gasteiger partial charge >= 0.3 is 0 Å². The first-order valence-corrected chi connectivity index (χ1v) is 8.09. The molecule has 2 rings (SSSR count). The van der Waals surface area contributed by atoms with E-state index >= 15 is 0 Å². The number of carbonyl (C=O) groups is 2. The second-order valence-corrected chi connectivity index (χ2v) is 5.54. The van der Waals surface area contributed by atoms with Gasteiger partial charge < -0.3 is 15.4 Å². The number of ether oxygens (including phenoxy) is 1. The van der Waals surface area contributed by atoms with Gasteiger partial charge in [0.15, 0.2) is 6.61 Å². The van der Waals surface area contributed by atoms with Crippen molar-refractivity contribution in [2.45, 2.75) is 6.42 Å². The standard InChI is InChI=1S/C18H18FN3O5/c19-14-3-1-13(2-4-14)11-17(23)20-9-10-21-18(24)12-27-16-7-5-15(6-8-16)22(25)26/h1-8H,9-12H2,(H,20,23)(H,21,24). The summed E-state index contributed by atoms with van der Waals surface area (Å²) in [6.07, 6.45) is 0.123. The van der Waals surface area contributed by atoms with Gasteiger partial charge in [0.25, 0.3) is 11.6 Å². The third-order valence-corrected chi connectivity index (χ3v) is 3.46. The van der Waals surface area contributed by atoms with Crippen LogP contribution in [0, 0.1) is 15.9 Å². The Morgan fingerprint density at radius 3 is 2.15 bits per heavy atom. The summed E-state index contributed by atoms with van der Waals surface area (Å²) in [5.41, 5.74) is 0.623. The smallest absolute Gasteiger partial charge is 0.269 e. The third kappa shape index (κ3) is 7.10. The molecule has 0 bridgehead atoms. The van der Waals surface area contributed by atoms with Crippen LogP contribution in [-0.2, 0) is 16.0 Å². The summed E-state index contributed by atoms with van der Waals surface area (Å²) in [7, 11) is 0.